The summed E-state index contributed by atoms with van der Waals surface area (Å²) in [6.45, 7) is 3.75. The first-order chi connectivity index (χ1) is 16.8. The molecule has 192 valence electrons. The van der Waals surface area contributed by atoms with Crippen molar-refractivity contribution in [2.45, 2.75) is 76.9 Å². The first-order valence-corrected chi connectivity index (χ1v) is 13.0. The number of rotatable bonds is 8. The number of carbonyl (C=O) groups is 1. The van der Waals surface area contributed by atoms with Gasteiger partial charge in [-0.1, -0.05) is 44.7 Å². The normalized spacial score (nSPS) is 19.3. The van der Waals surface area contributed by atoms with Crippen molar-refractivity contribution in [2.24, 2.45) is 5.92 Å². The maximum atomic E-state index is 13.9. The van der Waals surface area contributed by atoms with Gasteiger partial charge in [0.05, 0.1) is 5.69 Å². The number of amides is 1. The van der Waals surface area contributed by atoms with Gasteiger partial charge in [0, 0.05) is 42.6 Å². The third kappa shape index (κ3) is 5.97. The lowest BCUT2D eigenvalue weighted by Crippen LogP contribution is -2.54. The lowest BCUT2D eigenvalue weighted by molar-refractivity contribution is -0.128. The van der Waals surface area contributed by atoms with Crippen LogP contribution in [0.25, 0.3) is 0 Å². The molecule has 1 aromatic heterocycles. The zero-order valence-corrected chi connectivity index (χ0v) is 21.2. The second-order valence-electron chi connectivity index (χ2n) is 10.1. The van der Waals surface area contributed by atoms with E-state index in [1.54, 1.807) is 12.3 Å². The number of alkyl halides is 2. The van der Waals surface area contributed by atoms with Crippen molar-refractivity contribution in [1.82, 2.24) is 14.7 Å². The van der Waals surface area contributed by atoms with E-state index in [9.17, 15) is 13.6 Å². The van der Waals surface area contributed by atoms with Crippen LogP contribution in [-0.4, -0.2) is 46.8 Å². The van der Waals surface area contributed by atoms with Crippen LogP contribution >= 0.6 is 11.6 Å². The van der Waals surface area contributed by atoms with Crippen molar-refractivity contribution < 1.29 is 18.3 Å². The Bertz CT molecular complexity index is 999. The zero-order valence-electron chi connectivity index (χ0n) is 20.5. The van der Waals surface area contributed by atoms with Crippen LogP contribution in [0.3, 0.4) is 0 Å². The second-order valence-corrected chi connectivity index (χ2v) is 10.6. The maximum Gasteiger partial charge on any atom is 0.387 e. The van der Waals surface area contributed by atoms with E-state index < -0.39 is 12.2 Å². The van der Waals surface area contributed by atoms with Crippen LogP contribution in [0.5, 0.6) is 5.75 Å². The summed E-state index contributed by atoms with van der Waals surface area (Å²) in [5, 5.41) is 7.70. The number of ether oxygens (including phenoxy) is 1. The Morgan fingerprint density at radius 3 is 2.57 bits per heavy atom. The number of nitrogens with zero attached hydrogens (tertiary/aromatic N) is 3. The van der Waals surface area contributed by atoms with E-state index in [4.69, 9.17) is 11.6 Å². The molecule has 2 fully saturated rings. The summed E-state index contributed by atoms with van der Waals surface area (Å²) in [7, 11) is 0. The van der Waals surface area contributed by atoms with E-state index in [0.29, 0.717) is 12.8 Å². The van der Waals surface area contributed by atoms with Crippen molar-refractivity contribution in [3.63, 3.8) is 0 Å². The molecule has 4 rings (SSSR count). The Morgan fingerprint density at radius 2 is 1.91 bits per heavy atom. The molecule has 35 heavy (non-hydrogen) atoms. The van der Waals surface area contributed by atoms with Gasteiger partial charge in [-0.2, -0.15) is 13.9 Å². The van der Waals surface area contributed by atoms with E-state index in [-0.39, 0.29) is 28.3 Å². The minimum absolute atomic E-state index is 0.157. The molecule has 1 N–H and O–H groups in total. The Balaban J connectivity index is 1.59. The molecule has 2 aromatic rings. The van der Waals surface area contributed by atoms with Crippen LogP contribution in [-0.2, 0) is 10.3 Å². The van der Waals surface area contributed by atoms with Crippen LogP contribution in [0.2, 0.25) is 5.02 Å². The number of hydrogen-bond acceptors (Lipinski definition) is 4. The highest BCUT2D eigenvalue weighted by atomic mass is 35.5. The van der Waals surface area contributed by atoms with Crippen LogP contribution in [0.4, 0.5) is 14.5 Å². The molecule has 1 saturated carbocycles. The molecule has 0 bridgehead atoms. The average Bonchev–Trinajstić information content (AvgIpc) is 3.33. The molecule has 1 aliphatic heterocycles. The molecule has 1 aliphatic carbocycles. The third-order valence-corrected chi connectivity index (χ3v) is 7.66. The van der Waals surface area contributed by atoms with Gasteiger partial charge >= 0.3 is 6.61 Å². The number of benzene rings is 1. The van der Waals surface area contributed by atoms with Gasteiger partial charge in [0.2, 0.25) is 0 Å². The fraction of sp³-hybridized carbons (Fsp3) is 0.615. The summed E-state index contributed by atoms with van der Waals surface area (Å²) in [6, 6.07) is 6.27. The quantitative estimate of drug-likeness (QED) is 0.456. The lowest BCUT2D eigenvalue weighted by atomic mass is 9.84. The summed E-state index contributed by atoms with van der Waals surface area (Å²) in [5.41, 5.74) is 0.219. The summed E-state index contributed by atoms with van der Waals surface area (Å²) in [5.74, 6) is 0.469. The molecular weight excluding hydrogens is 474 g/mol. The van der Waals surface area contributed by atoms with Crippen molar-refractivity contribution in [1.29, 1.82) is 0 Å². The smallest absolute Gasteiger partial charge is 0.387 e. The molecule has 2 heterocycles. The Hall–Kier alpha value is -2.19. The molecule has 6 nitrogen and oxygen atoms in total. The van der Waals surface area contributed by atoms with Gasteiger partial charge in [0.15, 0.2) is 5.75 Å². The predicted octanol–water partition coefficient (Wildman–Crippen LogP) is 6.27. The minimum Gasteiger partial charge on any atom is -0.433 e. The van der Waals surface area contributed by atoms with Crippen molar-refractivity contribution >= 4 is 23.2 Å². The number of anilines is 1. The van der Waals surface area contributed by atoms with Gasteiger partial charge < -0.3 is 15.0 Å². The van der Waals surface area contributed by atoms with E-state index in [2.05, 4.69) is 33.9 Å². The monoisotopic (exact) mass is 508 g/mol. The van der Waals surface area contributed by atoms with Crippen LogP contribution in [0.1, 0.15) is 70.4 Å². The van der Waals surface area contributed by atoms with Crippen LogP contribution in [0.15, 0.2) is 30.5 Å². The van der Waals surface area contributed by atoms with Gasteiger partial charge in [-0.05, 0) is 55.7 Å². The molecule has 1 aromatic carbocycles. The summed E-state index contributed by atoms with van der Waals surface area (Å²) in [6.07, 6.45) is 9.41. The van der Waals surface area contributed by atoms with E-state index in [1.807, 2.05) is 10.7 Å². The first-order valence-electron chi connectivity index (χ1n) is 12.6. The minimum atomic E-state index is -3.03. The zero-order chi connectivity index (χ0) is 25.0. The van der Waals surface area contributed by atoms with Gasteiger partial charge in [0.25, 0.3) is 5.91 Å². The summed E-state index contributed by atoms with van der Waals surface area (Å²) < 4.78 is 32.5. The SMILES string of the molecule is CC(C)c1ccnn1C1(C(=O)Nc2ccc(Cl)cc2OC(F)F)CCN(CC2CCCCC2)CC1. The molecule has 0 spiro atoms. The average molecular weight is 509 g/mol. The van der Waals surface area contributed by atoms with E-state index in [0.717, 1.165) is 31.2 Å². The number of halogens is 3. The highest BCUT2D eigenvalue weighted by Gasteiger charge is 2.45. The van der Waals surface area contributed by atoms with Crippen molar-refractivity contribution in [3.8, 4) is 5.75 Å². The number of hydrogen-bond donors (Lipinski definition) is 1. The Morgan fingerprint density at radius 1 is 1.20 bits per heavy atom. The van der Waals surface area contributed by atoms with Crippen LogP contribution in [0, 0.1) is 5.92 Å². The number of likely N-dealkylation sites (tertiary alicyclic amines) is 1. The Labute approximate surface area is 211 Å². The van der Waals surface area contributed by atoms with Gasteiger partial charge in [0.1, 0.15) is 5.54 Å². The second kappa shape index (κ2) is 11.2. The number of aromatic nitrogens is 2. The van der Waals surface area contributed by atoms with Gasteiger partial charge in [-0.25, -0.2) is 0 Å². The molecular formula is C26H35ClF2N4O2. The first kappa shape index (κ1) is 25.9. The maximum absolute atomic E-state index is 13.9. The summed E-state index contributed by atoms with van der Waals surface area (Å²) >= 11 is 5.99. The van der Waals surface area contributed by atoms with Gasteiger partial charge in [-0.3, -0.25) is 9.48 Å². The lowest BCUT2D eigenvalue weighted by Gasteiger charge is -2.43. The molecule has 0 unspecified atom stereocenters. The Kier molecular flexibility index (Phi) is 8.32. The van der Waals surface area contributed by atoms with E-state index >= 15 is 0 Å². The van der Waals surface area contributed by atoms with Crippen molar-refractivity contribution in [3.05, 3.63) is 41.2 Å². The van der Waals surface area contributed by atoms with E-state index in [1.165, 1.54) is 44.2 Å². The van der Waals surface area contributed by atoms with Gasteiger partial charge in [-0.15, -0.1) is 0 Å². The molecule has 2 aliphatic rings. The fourth-order valence-electron chi connectivity index (χ4n) is 5.52. The fourth-order valence-corrected chi connectivity index (χ4v) is 5.68. The molecule has 1 amide bonds. The third-order valence-electron chi connectivity index (χ3n) is 7.42. The molecule has 1 saturated heterocycles. The molecule has 0 radical (unpaired) electrons. The number of nitrogens with one attached hydrogen (secondary N) is 1. The number of carbonyl (C=O) groups excluding carboxylic acids is 1. The predicted molar refractivity (Wildman–Crippen MR) is 133 cm³/mol. The topological polar surface area (TPSA) is 59.4 Å². The van der Waals surface area contributed by atoms with Crippen molar-refractivity contribution in [2.75, 3.05) is 25.0 Å². The standard InChI is InChI=1S/C26H35ClF2N4O2/c1-18(2)22-10-13-30-33(22)26(11-14-32(15-12-26)17-19-6-4-3-5-7-19)24(34)31-21-9-8-20(27)16-23(21)35-25(28)29/h8-10,13,16,18-19,25H,3-7,11-12,14-15,17H2,1-2H3,(H,31,34). The highest BCUT2D eigenvalue weighted by molar-refractivity contribution is 6.30. The highest BCUT2D eigenvalue weighted by Crippen LogP contribution is 2.37. The largest absolute Gasteiger partial charge is 0.433 e. The number of piperidine rings is 1. The van der Waals surface area contributed by atoms with Crippen LogP contribution < -0.4 is 10.1 Å². The molecule has 9 heteroatoms. The summed E-state index contributed by atoms with van der Waals surface area (Å²) in [4.78, 5) is 16.4. The molecule has 0 atom stereocenters.